The van der Waals surface area contributed by atoms with Crippen LogP contribution in [0.15, 0.2) is 30.7 Å². The number of likely N-dealkylation sites (tertiary alicyclic amines) is 1. The molecule has 2 aromatic heterocycles. The van der Waals surface area contributed by atoms with E-state index in [2.05, 4.69) is 38.2 Å². The fourth-order valence-electron chi connectivity index (χ4n) is 2.83. The van der Waals surface area contributed by atoms with E-state index < -0.39 is 0 Å². The van der Waals surface area contributed by atoms with Gasteiger partial charge in [-0.2, -0.15) is 0 Å². The van der Waals surface area contributed by atoms with Crippen molar-refractivity contribution in [2.75, 3.05) is 25.0 Å². The van der Waals surface area contributed by atoms with Crippen LogP contribution in [0.25, 0.3) is 0 Å². The van der Waals surface area contributed by atoms with Gasteiger partial charge in [0.15, 0.2) is 0 Å². The first-order chi connectivity index (χ1) is 10.7. The Morgan fingerprint density at radius 1 is 1.23 bits per heavy atom. The van der Waals surface area contributed by atoms with Gasteiger partial charge in [-0.3, -0.25) is 14.9 Å². The first-order valence-corrected chi connectivity index (χ1v) is 7.85. The molecule has 0 amide bonds. The van der Waals surface area contributed by atoms with Crippen LogP contribution >= 0.6 is 0 Å². The predicted molar refractivity (Wildman–Crippen MR) is 87.6 cm³/mol. The average molecular weight is 297 g/mol. The predicted octanol–water partition coefficient (Wildman–Crippen LogP) is 2.42. The highest BCUT2D eigenvalue weighted by atomic mass is 15.2. The SMILES string of the molecule is Cc1ccnc(NC[C@H]2CCN(Cc3cnc(C)cn3)C2)c1. The van der Waals surface area contributed by atoms with E-state index in [1.54, 1.807) is 0 Å². The maximum absolute atomic E-state index is 4.44. The minimum atomic E-state index is 0.667. The molecule has 5 heteroatoms. The zero-order valence-corrected chi connectivity index (χ0v) is 13.3. The summed E-state index contributed by atoms with van der Waals surface area (Å²) in [4.78, 5) is 15.6. The fourth-order valence-corrected chi connectivity index (χ4v) is 2.83. The normalized spacial score (nSPS) is 18.5. The topological polar surface area (TPSA) is 53.9 Å². The maximum atomic E-state index is 4.44. The van der Waals surface area contributed by atoms with Crippen molar-refractivity contribution in [1.82, 2.24) is 19.9 Å². The summed E-state index contributed by atoms with van der Waals surface area (Å²) in [6.45, 7) is 8.16. The second kappa shape index (κ2) is 6.83. The Kier molecular flexibility index (Phi) is 4.63. The average Bonchev–Trinajstić information content (AvgIpc) is 2.95. The quantitative estimate of drug-likeness (QED) is 0.918. The van der Waals surface area contributed by atoms with E-state index in [0.717, 1.165) is 43.4 Å². The molecule has 1 aliphatic heterocycles. The lowest BCUT2D eigenvalue weighted by Gasteiger charge is -2.16. The van der Waals surface area contributed by atoms with Crippen LogP contribution in [0.5, 0.6) is 0 Å². The Hall–Kier alpha value is -2.01. The molecule has 1 saturated heterocycles. The third-order valence-corrected chi connectivity index (χ3v) is 4.08. The molecule has 1 aliphatic rings. The summed E-state index contributed by atoms with van der Waals surface area (Å²) >= 11 is 0. The van der Waals surface area contributed by atoms with Crippen LogP contribution in [0.1, 0.15) is 23.4 Å². The molecule has 3 rings (SSSR count). The summed E-state index contributed by atoms with van der Waals surface area (Å²) in [7, 11) is 0. The minimum Gasteiger partial charge on any atom is -0.370 e. The molecule has 0 spiro atoms. The van der Waals surface area contributed by atoms with Gasteiger partial charge in [-0.25, -0.2) is 4.98 Å². The number of rotatable bonds is 5. The summed E-state index contributed by atoms with van der Waals surface area (Å²) in [5, 5.41) is 3.45. The Morgan fingerprint density at radius 3 is 2.91 bits per heavy atom. The molecule has 0 aromatic carbocycles. The highest BCUT2D eigenvalue weighted by Gasteiger charge is 2.22. The summed E-state index contributed by atoms with van der Waals surface area (Å²) in [5.41, 5.74) is 3.26. The van der Waals surface area contributed by atoms with Crippen molar-refractivity contribution in [2.45, 2.75) is 26.8 Å². The van der Waals surface area contributed by atoms with Crippen LogP contribution in [0.2, 0.25) is 0 Å². The van der Waals surface area contributed by atoms with Crippen LogP contribution in [0, 0.1) is 19.8 Å². The summed E-state index contributed by atoms with van der Waals surface area (Å²) < 4.78 is 0. The minimum absolute atomic E-state index is 0.667. The van der Waals surface area contributed by atoms with Gasteiger partial charge in [0.25, 0.3) is 0 Å². The van der Waals surface area contributed by atoms with Gasteiger partial charge in [-0.15, -0.1) is 0 Å². The van der Waals surface area contributed by atoms with E-state index in [1.807, 2.05) is 31.6 Å². The van der Waals surface area contributed by atoms with Gasteiger partial charge in [-0.05, 0) is 50.4 Å². The molecular formula is C17H23N5. The molecule has 0 radical (unpaired) electrons. The second-order valence-corrected chi connectivity index (χ2v) is 6.14. The molecule has 1 N–H and O–H groups in total. The third-order valence-electron chi connectivity index (χ3n) is 4.08. The summed E-state index contributed by atoms with van der Waals surface area (Å²) in [6.07, 6.45) is 6.80. The van der Waals surface area contributed by atoms with Gasteiger partial charge in [-0.1, -0.05) is 0 Å². The second-order valence-electron chi connectivity index (χ2n) is 6.14. The summed E-state index contributed by atoms with van der Waals surface area (Å²) in [6, 6.07) is 4.11. The largest absolute Gasteiger partial charge is 0.370 e. The maximum Gasteiger partial charge on any atom is 0.126 e. The Labute approximate surface area is 131 Å². The van der Waals surface area contributed by atoms with Crippen LogP contribution in [-0.2, 0) is 6.54 Å². The van der Waals surface area contributed by atoms with E-state index >= 15 is 0 Å². The van der Waals surface area contributed by atoms with E-state index in [-0.39, 0.29) is 0 Å². The van der Waals surface area contributed by atoms with Crippen molar-refractivity contribution in [3.05, 3.63) is 47.7 Å². The van der Waals surface area contributed by atoms with E-state index in [1.165, 1.54) is 12.0 Å². The van der Waals surface area contributed by atoms with Crippen molar-refractivity contribution in [3.8, 4) is 0 Å². The lowest BCUT2D eigenvalue weighted by Crippen LogP contribution is -2.23. The van der Waals surface area contributed by atoms with Crippen molar-refractivity contribution < 1.29 is 0 Å². The first-order valence-electron chi connectivity index (χ1n) is 7.85. The summed E-state index contributed by atoms with van der Waals surface area (Å²) in [5.74, 6) is 1.64. The highest BCUT2D eigenvalue weighted by Crippen LogP contribution is 2.18. The molecule has 2 aromatic rings. The zero-order valence-electron chi connectivity index (χ0n) is 13.3. The first kappa shape index (κ1) is 14.9. The molecule has 0 aliphatic carbocycles. The van der Waals surface area contributed by atoms with Gasteiger partial charge in [0.1, 0.15) is 5.82 Å². The lowest BCUT2D eigenvalue weighted by molar-refractivity contribution is 0.314. The number of aromatic nitrogens is 3. The van der Waals surface area contributed by atoms with E-state index in [9.17, 15) is 0 Å². The molecule has 22 heavy (non-hydrogen) atoms. The number of nitrogens with zero attached hydrogens (tertiary/aromatic N) is 4. The molecule has 0 unspecified atom stereocenters. The van der Waals surface area contributed by atoms with Gasteiger partial charge in [0, 0.05) is 38.2 Å². The molecule has 1 atom stereocenters. The molecule has 5 nitrogen and oxygen atoms in total. The number of nitrogens with one attached hydrogen (secondary N) is 1. The van der Waals surface area contributed by atoms with Gasteiger partial charge in [0.2, 0.25) is 0 Å². The standard InChI is InChI=1S/C17H23N5/c1-13-3-5-18-17(7-13)21-9-15-4-6-22(11-15)12-16-10-19-14(2)8-20-16/h3,5,7-8,10,15H,4,6,9,11-12H2,1-2H3,(H,18,21)/t15-/m1/s1. The van der Waals surface area contributed by atoms with Gasteiger partial charge in [0.05, 0.1) is 11.4 Å². The number of anilines is 1. The molecule has 0 bridgehead atoms. The molecule has 116 valence electrons. The Morgan fingerprint density at radius 2 is 2.14 bits per heavy atom. The van der Waals surface area contributed by atoms with Crippen LogP contribution in [0.3, 0.4) is 0 Å². The van der Waals surface area contributed by atoms with Gasteiger partial charge < -0.3 is 5.32 Å². The third kappa shape index (κ3) is 4.01. The monoisotopic (exact) mass is 297 g/mol. The number of hydrogen-bond donors (Lipinski definition) is 1. The molecule has 0 saturated carbocycles. The van der Waals surface area contributed by atoms with Crippen molar-refractivity contribution in [3.63, 3.8) is 0 Å². The van der Waals surface area contributed by atoms with Crippen molar-refractivity contribution in [1.29, 1.82) is 0 Å². The number of pyridine rings is 1. The zero-order chi connectivity index (χ0) is 15.4. The van der Waals surface area contributed by atoms with Crippen LogP contribution < -0.4 is 5.32 Å². The molecule has 1 fully saturated rings. The van der Waals surface area contributed by atoms with Crippen LogP contribution in [0.4, 0.5) is 5.82 Å². The Balaban J connectivity index is 1.47. The fraction of sp³-hybridized carbons (Fsp3) is 0.471. The highest BCUT2D eigenvalue weighted by molar-refractivity contribution is 5.36. The van der Waals surface area contributed by atoms with E-state index in [4.69, 9.17) is 0 Å². The smallest absolute Gasteiger partial charge is 0.126 e. The van der Waals surface area contributed by atoms with Gasteiger partial charge >= 0.3 is 0 Å². The number of hydrogen-bond acceptors (Lipinski definition) is 5. The van der Waals surface area contributed by atoms with Crippen molar-refractivity contribution >= 4 is 5.82 Å². The lowest BCUT2D eigenvalue weighted by atomic mass is 10.1. The molecular weight excluding hydrogens is 274 g/mol. The van der Waals surface area contributed by atoms with Crippen molar-refractivity contribution in [2.24, 2.45) is 5.92 Å². The van der Waals surface area contributed by atoms with E-state index in [0.29, 0.717) is 5.92 Å². The van der Waals surface area contributed by atoms with Crippen LogP contribution in [-0.4, -0.2) is 39.5 Å². The Bertz CT molecular complexity index is 611. The number of aryl methyl sites for hydroxylation is 2. The molecule has 3 heterocycles.